The molecule has 3 saturated heterocycles. The van der Waals surface area contributed by atoms with Crippen LogP contribution in [0.15, 0.2) is 0 Å². The molecule has 0 aliphatic carbocycles. The maximum Gasteiger partial charge on any atom is 0.344 e. The average Bonchev–Trinajstić information content (AvgIpc) is 2.91. The highest BCUT2D eigenvalue weighted by Gasteiger charge is 2.66. The van der Waals surface area contributed by atoms with Crippen LogP contribution in [0.5, 0.6) is 0 Å². The number of aliphatic hydroxyl groups is 1. The minimum absolute atomic E-state index is 0.0343. The first-order chi connectivity index (χ1) is 9.15. The third kappa shape index (κ3) is 2.05. The van der Waals surface area contributed by atoms with Crippen LogP contribution >= 0.6 is 0 Å². The highest BCUT2D eigenvalue weighted by atomic mass is 16.8. The van der Waals surface area contributed by atoms with Crippen LogP contribution < -0.4 is 0 Å². The third-order valence-electron chi connectivity index (χ3n) is 3.84. The molecule has 3 aliphatic rings. The Balaban J connectivity index is 1.80. The lowest BCUT2D eigenvalue weighted by atomic mass is 9.94. The van der Waals surface area contributed by atoms with E-state index in [0.717, 1.165) is 0 Å². The second-order valence-electron chi connectivity index (χ2n) is 6.36. The summed E-state index contributed by atoms with van der Waals surface area (Å²) in [5, 5.41) is 10.5. The molecule has 1 N–H and O–H groups in total. The van der Waals surface area contributed by atoms with Crippen LogP contribution in [0, 0.1) is 0 Å². The van der Waals surface area contributed by atoms with Crippen molar-refractivity contribution in [3.63, 3.8) is 0 Å². The molecule has 7 nitrogen and oxygen atoms in total. The van der Waals surface area contributed by atoms with Crippen LogP contribution in [0.4, 0.5) is 0 Å². The molecule has 0 aromatic carbocycles. The van der Waals surface area contributed by atoms with E-state index in [0.29, 0.717) is 0 Å². The predicted molar refractivity (Wildman–Crippen MR) is 64.6 cm³/mol. The van der Waals surface area contributed by atoms with E-state index < -0.39 is 41.5 Å². The number of carbonyl (C=O) groups excluding carboxylic acids is 1. The predicted octanol–water partition coefficient (Wildman–Crippen LogP) is -0.0541. The van der Waals surface area contributed by atoms with E-state index in [4.69, 9.17) is 23.7 Å². The Morgan fingerprint density at radius 2 is 1.85 bits per heavy atom. The summed E-state index contributed by atoms with van der Waals surface area (Å²) in [5.74, 6) is -2.30. The zero-order valence-corrected chi connectivity index (χ0v) is 12.0. The first-order valence-corrected chi connectivity index (χ1v) is 6.70. The Bertz CT molecular complexity index is 432. The number of aliphatic hydroxyl groups excluding tert-OH is 1. The number of cyclic esters (lactones) is 1. The molecule has 114 valence electrons. The lowest BCUT2D eigenvalue weighted by Crippen LogP contribution is -2.51. The molecule has 3 fully saturated rings. The molecule has 0 aromatic heterocycles. The van der Waals surface area contributed by atoms with E-state index in [1.807, 2.05) is 0 Å². The minimum Gasteiger partial charge on any atom is -0.454 e. The highest BCUT2D eigenvalue weighted by Crippen LogP contribution is 2.42. The molecule has 1 spiro atoms. The lowest BCUT2D eigenvalue weighted by Gasteiger charge is -2.26. The van der Waals surface area contributed by atoms with Gasteiger partial charge in [0, 0.05) is 0 Å². The van der Waals surface area contributed by atoms with E-state index in [9.17, 15) is 9.90 Å². The van der Waals surface area contributed by atoms with Gasteiger partial charge in [-0.05, 0) is 27.7 Å². The Kier molecular flexibility index (Phi) is 2.94. The monoisotopic (exact) mass is 288 g/mol. The van der Waals surface area contributed by atoms with Gasteiger partial charge in [-0.15, -0.1) is 0 Å². The molecule has 0 unspecified atom stereocenters. The van der Waals surface area contributed by atoms with Gasteiger partial charge in [0.1, 0.15) is 12.2 Å². The molecule has 4 atom stereocenters. The average molecular weight is 288 g/mol. The summed E-state index contributed by atoms with van der Waals surface area (Å²) in [6, 6.07) is 0. The molecule has 0 amide bonds. The summed E-state index contributed by atoms with van der Waals surface area (Å²) in [4.78, 5) is 12.1. The van der Waals surface area contributed by atoms with Gasteiger partial charge in [-0.1, -0.05) is 0 Å². The van der Waals surface area contributed by atoms with Crippen LogP contribution in [0.25, 0.3) is 0 Å². The summed E-state index contributed by atoms with van der Waals surface area (Å²) in [6.45, 7) is 7.13. The zero-order valence-electron chi connectivity index (χ0n) is 12.0. The van der Waals surface area contributed by atoms with Crippen molar-refractivity contribution in [2.24, 2.45) is 0 Å². The summed E-state index contributed by atoms with van der Waals surface area (Å²) in [5.41, 5.74) is -1.47. The Hall–Kier alpha value is -0.730. The van der Waals surface area contributed by atoms with Crippen LogP contribution in [0.3, 0.4) is 0 Å². The summed E-state index contributed by atoms with van der Waals surface area (Å²) < 4.78 is 27.4. The molecule has 20 heavy (non-hydrogen) atoms. The normalized spacial score (nSPS) is 46.0. The fourth-order valence-electron chi connectivity index (χ4n) is 2.86. The highest BCUT2D eigenvalue weighted by molar-refractivity contribution is 5.84. The van der Waals surface area contributed by atoms with Crippen molar-refractivity contribution in [3.05, 3.63) is 0 Å². The first-order valence-electron chi connectivity index (χ1n) is 6.70. The van der Waals surface area contributed by atoms with Gasteiger partial charge in [0.2, 0.25) is 5.60 Å². The molecule has 3 heterocycles. The molecule has 0 bridgehead atoms. The number of ether oxygens (including phenoxy) is 5. The van der Waals surface area contributed by atoms with Crippen LogP contribution in [-0.4, -0.2) is 59.8 Å². The molecule has 3 rings (SSSR count). The number of carbonyl (C=O) groups is 1. The third-order valence-corrected chi connectivity index (χ3v) is 3.84. The summed E-state index contributed by atoms with van der Waals surface area (Å²) >= 11 is 0. The molecule has 0 radical (unpaired) electrons. The van der Waals surface area contributed by atoms with Crippen LogP contribution in [0.2, 0.25) is 0 Å². The van der Waals surface area contributed by atoms with Crippen molar-refractivity contribution < 1.29 is 33.6 Å². The van der Waals surface area contributed by atoms with Crippen molar-refractivity contribution >= 4 is 5.97 Å². The number of hydrogen-bond acceptors (Lipinski definition) is 7. The second kappa shape index (κ2) is 4.14. The fourth-order valence-corrected chi connectivity index (χ4v) is 2.86. The van der Waals surface area contributed by atoms with Crippen LogP contribution in [-0.2, 0) is 28.5 Å². The topological polar surface area (TPSA) is 83.5 Å². The second-order valence-corrected chi connectivity index (χ2v) is 6.36. The summed E-state index contributed by atoms with van der Waals surface area (Å²) in [7, 11) is 0. The van der Waals surface area contributed by atoms with E-state index in [2.05, 4.69) is 0 Å². The molecule has 0 aromatic rings. The quantitative estimate of drug-likeness (QED) is 0.677. The van der Waals surface area contributed by atoms with Gasteiger partial charge in [-0.25, -0.2) is 4.79 Å². The molecule has 7 heteroatoms. The number of hydrogen-bond donors (Lipinski definition) is 1. The van der Waals surface area contributed by atoms with Gasteiger partial charge in [-0.2, -0.15) is 0 Å². The van der Waals surface area contributed by atoms with E-state index in [1.165, 1.54) is 0 Å². The van der Waals surface area contributed by atoms with Crippen molar-refractivity contribution in [2.75, 3.05) is 13.2 Å². The maximum atomic E-state index is 12.1. The van der Waals surface area contributed by atoms with Gasteiger partial charge in [0.05, 0.1) is 13.2 Å². The standard InChI is InChI=1S/C13H20O7/c1-11(2)16-5-7(19-11)8-9(14)13(10(15)18-8)6-17-12(3,4)20-13/h7-9,14H,5-6H2,1-4H3/t7-,8+,9+,13+/m1/s1. The Morgan fingerprint density at radius 1 is 1.15 bits per heavy atom. The van der Waals surface area contributed by atoms with E-state index >= 15 is 0 Å². The lowest BCUT2D eigenvalue weighted by molar-refractivity contribution is -0.187. The number of esters is 1. The smallest absolute Gasteiger partial charge is 0.344 e. The zero-order chi connectivity index (χ0) is 14.8. The first kappa shape index (κ1) is 14.2. The number of rotatable bonds is 1. The van der Waals surface area contributed by atoms with E-state index in [1.54, 1.807) is 27.7 Å². The minimum atomic E-state index is -1.47. The maximum absolute atomic E-state index is 12.1. The van der Waals surface area contributed by atoms with Gasteiger partial charge < -0.3 is 28.8 Å². The largest absolute Gasteiger partial charge is 0.454 e. The Morgan fingerprint density at radius 3 is 2.35 bits per heavy atom. The van der Waals surface area contributed by atoms with Crippen LogP contribution in [0.1, 0.15) is 27.7 Å². The van der Waals surface area contributed by atoms with Crippen molar-refractivity contribution in [1.82, 2.24) is 0 Å². The molecular formula is C13H20O7. The van der Waals surface area contributed by atoms with Crippen molar-refractivity contribution in [2.45, 2.75) is 63.2 Å². The van der Waals surface area contributed by atoms with Crippen molar-refractivity contribution in [3.8, 4) is 0 Å². The SMILES string of the molecule is CC1(C)OC[C@H]([C@@H]2OC(=O)[C@]3(COC(C)(C)O3)[C@H]2O)O1. The van der Waals surface area contributed by atoms with Crippen molar-refractivity contribution in [1.29, 1.82) is 0 Å². The van der Waals surface area contributed by atoms with Gasteiger partial charge in [0.15, 0.2) is 17.7 Å². The molecule has 3 aliphatic heterocycles. The summed E-state index contributed by atoms with van der Waals surface area (Å²) in [6.07, 6.45) is -2.49. The molecule has 0 saturated carbocycles. The van der Waals surface area contributed by atoms with Gasteiger partial charge >= 0.3 is 5.97 Å². The Labute approximate surface area is 117 Å². The van der Waals surface area contributed by atoms with Gasteiger partial charge in [0.25, 0.3) is 0 Å². The molecular weight excluding hydrogens is 268 g/mol. The van der Waals surface area contributed by atoms with Gasteiger partial charge in [-0.3, -0.25) is 0 Å². The van der Waals surface area contributed by atoms with E-state index in [-0.39, 0.29) is 13.2 Å². The fraction of sp³-hybridized carbons (Fsp3) is 0.923.